The van der Waals surface area contributed by atoms with Crippen LogP contribution in [0.2, 0.25) is 0 Å². The largest absolute Gasteiger partial charge is 0.497 e. The highest BCUT2D eigenvalue weighted by atomic mass is 79.9. The standard InChI is InChI=1S/C23H24BrNO2/c1-3-4-20(25-21-8-11-22(26-2)12-9-21)13-14-27-23-10-6-17-15-19(24)7-5-18(17)16-23/h3-12,15-16,20,25H,13-14H2,1-2H3/b4-3+. The molecule has 0 aliphatic rings. The number of methoxy groups -OCH3 is 1. The summed E-state index contributed by atoms with van der Waals surface area (Å²) in [7, 11) is 1.67. The fourth-order valence-corrected chi connectivity index (χ4v) is 3.32. The van der Waals surface area contributed by atoms with Crippen LogP contribution < -0.4 is 14.8 Å². The molecular formula is C23H24BrNO2. The van der Waals surface area contributed by atoms with Gasteiger partial charge in [0.1, 0.15) is 11.5 Å². The number of hydrogen-bond donors (Lipinski definition) is 1. The molecule has 0 heterocycles. The molecule has 0 spiro atoms. The van der Waals surface area contributed by atoms with Gasteiger partial charge in [0.25, 0.3) is 0 Å². The summed E-state index contributed by atoms with van der Waals surface area (Å²) in [6, 6.07) is 20.6. The summed E-state index contributed by atoms with van der Waals surface area (Å²) in [5.74, 6) is 1.75. The number of benzene rings is 3. The van der Waals surface area contributed by atoms with Crippen molar-refractivity contribution >= 4 is 32.4 Å². The predicted molar refractivity (Wildman–Crippen MR) is 117 cm³/mol. The van der Waals surface area contributed by atoms with Crippen molar-refractivity contribution in [3.63, 3.8) is 0 Å². The summed E-state index contributed by atoms with van der Waals surface area (Å²) < 4.78 is 12.3. The molecule has 3 rings (SSSR count). The second-order valence-corrected chi connectivity index (χ2v) is 7.21. The molecule has 3 aromatic carbocycles. The first-order valence-electron chi connectivity index (χ1n) is 9.03. The van der Waals surface area contributed by atoms with Gasteiger partial charge in [-0.05, 0) is 66.2 Å². The minimum absolute atomic E-state index is 0.208. The topological polar surface area (TPSA) is 30.5 Å². The fraction of sp³-hybridized carbons (Fsp3) is 0.217. The quantitative estimate of drug-likeness (QED) is 0.421. The van der Waals surface area contributed by atoms with Crippen LogP contribution in [0.15, 0.2) is 77.3 Å². The van der Waals surface area contributed by atoms with E-state index in [9.17, 15) is 0 Å². The van der Waals surface area contributed by atoms with Crippen LogP contribution in [-0.2, 0) is 0 Å². The first-order valence-corrected chi connectivity index (χ1v) is 9.83. The van der Waals surface area contributed by atoms with Crippen LogP contribution >= 0.6 is 15.9 Å². The summed E-state index contributed by atoms with van der Waals surface area (Å²) >= 11 is 3.51. The number of nitrogens with one attached hydrogen (secondary N) is 1. The Labute approximate surface area is 169 Å². The van der Waals surface area contributed by atoms with Crippen molar-refractivity contribution in [2.75, 3.05) is 19.0 Å². The molecule has 0 saturated carbocycles. The lowest BCUT2D eigenvalue weighted by Crippen LogP contribution is -2.19. The molecule has 3 aromatic rings. The Bertz CT molecular complexity index is 906. The van der Waals surface area contributed by atoms with Crippen molar-refractivity contribution in [3.8, 4) is 11.5 Å². The van der Waals surface area contributed by atoms with Gasteiger partial charge >= 0.3 is 0 Å². The zero-order valence-corrected chi connectivity index (χ0v) is 17.2. The highest BCUT2D eigenvalue weighted by molar-refractivity contribution is 9.10. The van der Waals surface area contributed by atoms with E-state index in [-0.39, 0.29) is 6.04 Å². The molecule has 4 heteroatoms. The Morgan fingerprint density at radius 3 is 2.41 bits per heavy atom. The average Bonchev–Trinajstić information content (AvgIpc) is 2.69. The number of allylic oxidation sites excluding steroid dienone is 1. The molecule has 0 radical (unpaired) electrons. The number of ether oxygens (including phenoxy) is 2. The van der Waals surface area contributed by atoms with E-state index in [0.717, 1.165) is 28.1 Å². The minimum Gasteiger partial charge on any atom is -0.497 e. The fourth-order valence-electron chi connectivity index (χ4n) is 2.94. The average molecular weight is 426 g/mol. The van der Waals surface area contributed by atoms with Gasteiger partial charge < -0.3 is 14.8 Å². The highest BCUT2D eigenvalue weighted by Crippen LogP contribution is 2.24. The predicted octanol–water partition coefficient (Wildman–Crippen LogP) is 6.44. The Morgan fingerprint density at radius 1 is 0.963 bits per heavy atom. The van der Waals surface area contributed by atoms with Gasteiger partial charge in [-0.25, -0.2) is 0 Å². The van der Waals surface area contributed by atoms with Gasteiger partial charge in [-0.3, -0.25) is 0 Å². The lowest BCUT2D eigenvalue weighted by molar-refractivity contribution is 0.308. The third-order valence-corrected chi connectivity index (χ3v) is 4.83. The van der Waals surface area contributed by atoms with Crippen molar-refractivity contribution in [2.24, 2.45) is 0 Å². The highest BCUT2D eigenvalue weighted by Gasteiger charge is 2.06. The van der Waals surface area contributed by atoms with E-state index in [1.807, 2.05) is 43.3 Å². The molecule has 0 fully saturated rings. The lowest BCUT2D eigenvalue weighted by Gasteiger charge is -2.17. The summed E-state index contributed by atoms with van der Waals surface area (Å²) in [5, 5.41) is 5.90. The summed E-state index contributed by atoms with van der Waals surface area (Å²) in [6.45, 7) is 2.67. The van der Waals surface area contributed by atoms with Crippen molar-refractivity contribution in [1.29, 1.82) is 0 Å². The Balaban J connectivity index is 1.58. The van der Waals surface area contributed by atoms with Crippen molar-refractivity contribution in [1.82, 2.24) is 0 Å². The van der Waals surface area contributed by atoms with Gasteiger partial charge in [-0.1, -0.05) is 40.2 Å². The van der Waals surface area contributed by atoms with Crippen molar-refractivity contribution in [3.05, 3.63) is 77.3 Å². The number of fused-ring (bicyclic) bond motifs is 1. The monoisotopic (exact) mass is 425 g/mol. The molecule has 0 saturated heterocycles. The zero-order chi connectivity index (χ0) is 19.1. The van der Waals surface area contributed by atoms with Crippen LogP contribution in [0.3, 0.4) is 0 Å². The molecule has 0 bridgehead atoms. The smallest absolute Gasteiger partial charge is 0.119 e. The normalized spacial score (nSPS) is 12.3. The van der Waals surface area contributed by atoms with E-state index in [1.165, 1.54) is 10.8 Å². The molecule has 1 atom stereocenters. The van der Waals surface area contributed by atoms with Gasteiger partial charge in [0.05, 0.1) is 13.7 Å². The van der Waals surface area contributed by atoms with Gasteiger partial charge in [-0.2, -0.15) is 0 Å². The number of anilines is 1. The van der Waals surface area contributed by atoms with Gasteiger partial charge in [0, 0.05) is 22.6 Å². The van der Waals surface area contributed by atoms with Crippen LogP contribution in [0, 0.1) is 0 Å². The molecule has 1 unspecified atom stereocenters. The van der Waals surface area contributed by atoms with Crippen LogP contribution in [0.25, 0.3) is 10.8 Å². The van der Waals surface area contributed by atoms with E-state index >= 15 is 0 Å². The van der Waals surface area contributed by atoms with Crippen LogP contribution in [0.4, 0.5) is 5.69 Å². The molecule has 3 nitrogen and oxygen atoms in total. The number of halogens is 1. The molecule has 140 valence electrons. The van der Waals surface area contributed by atoms with E-state index in [1.54, 1.807) is 7.11 Å². The second-order valence-electron chi connectivity index (χ2n) is 6.30. The zero-order valence-electron chi connectivity index (χ0n) is 15.6. The molecule has 0 amide bonds. The first kappa shape index (κ1) is 19.3. The van der Waals surface area contributed by atoms with Crippen LogP contribution in [-0.4, -0.2) is 19.8 Å². The van der Waals surface area contributed by atoms with Crippen LogP contribution in [0.1, 0.15) is 13.3 Å². The van der Waals surface area contributed by atoms with Crippen LogP contribution in [0.5, 0.6) is 11.5 Å². The summed E-state index contributed by atoms with van der Waals surface area (Å²) in [6.07, 6.45) is 5.09. The molecular weight excluding hydrogens is 402 g/mol. The van der Waals surface area contributed by atoms with Gasteiger partial charge in [0.2, 0.25) is 0 Å². The Hall–Kier alpha value is -2.46. The van der Waals surface area contributed by atoms with Gasteiger partial charge in [-0.15, -0.1) is 0 Å². The maximum absolute atomic E-state index is 5.99. The Kier molecular flexibility index (Phi) is 6.77. The lowest BCUT2D eigenvalue weighted by atomic mass is 10.1. The third-order valence-electron chi connectivity index (χ3n) is 4.34. The molecule has 0 aromatic heterocycles. The molecule has 1 N–H and O–H groups in total. The Morgan fingerprint density at radius 2 is 1.67 bits per heavy atom. The molecule has 0 aliphatic heterocycles. The maximum atomic E-state index is 5.99. The van der Waals surface area contributed by atoms with E-state index < -0.39 is 0 Å². The SMILES string of the molecule is C/C=C/C(CCOc1ccc2cc(Br)ccc2c1)Nc1ccc(OC)cc1. The molecule has 0 aliphatic carbocycles. The van der Waals surface area contributed by atoms with Gasteiger partial charge in [0.15, 0.2) is 0 Å². The molecule has 27 heavy (non-hydrogen) atoms. The minimum atomic E-state index is 0.208. The summed E-state index contributed by atoms with van der Waals surface area (Å²) in [5.41, 5.74) is 1.06. The number of hydrogen-bond acceptors (Lipinski definition) is 3. The number of rotatable bonds is 8. The van der Waals surface area contributed by atoms with E-state index in [4.69, 9.17) is 9.47 Å². The van der Waals surface area contributed by atoms with E-state index in [2.05, 4.69) is 57.7 Å². The second kappa shape index (κ2) is 9.47. The van der Waals surface area contributed by atoms with Crippen molar-refractivity contribution < 1.29 is 9.47 Å². The maximum Gasteiger partial charge on any atom is 0.119 e. The summed E-state index contributed by atoms with van der Waals surface area (Å²) in [4.78, 5) is 0. The first-order chi connectivity index (χ1) is 13.2. The van der Waals surface area contributed by atoms with E-state index in [0.29, 0.717) is 6.61 Å². The third kappa shape index (κ3) is 5.51. The van der Waals surface area contributed by atoms with Crippen molar-refractivity contribution in [2.45, 2.75) is 19.4 Å².